The van der Waals surface area contributed by atoms with Crippen LogP contribution in [0.4, 0.5) is 11.5 Å². The Labute approximate surface area is 103 Å². The fourth-order valence-electron chi connectivity index (χ4n) is 1.55. The second-order valence-electron chi connectivity index (χ2n) is 3.61. The lowest BCUT2D eigenvalue weighted by Gasteiger charge is -2.16. The predicted molar refractivity (Wildman–Crippen MR) is 70.2 cm³/mol. The molecule has 0 aromatic carbocycles. The Morgan fingerprint density at radius 1 is 1.65 bits per heavy atom. The maximum atomic E-state index is 11.3. The molecule has 0 saturated carbocycles. The van der Waals surface area contributed by atoms with Gasteiger partial charge in [-0.05, 0) is 17.9 Å². The highest BCUT2D eigenvalue weighted by Gasteiger charge is 2.13. The van der Waals surface area contributed by atoms with Gasteiger partial charge in [-0.15, -0.1) is 11.3 Å². The summed E-state index contributed by atoms with van der Waals surface area (Å²) >= 11 is 1.67. The van der Waals surface area contributed by atoms with E-state index >= 15 is 0 Å². The van der Waals surface area contributed by atoms with Gasteiger partial charge in [-0.2, -0.15) is 0 Å². The van der Waals surface area contributed by atoms with E-state index in [2.05, 4.69) is 28.3 Å². The molecule has 2 aromatic heterocycles. The van der Waals surface area contributed by atoms with E-state index in [9.17, 15) is 4.79 Å². The fraction of sp³-hybridized carbons (Fsp3) is 0.273. The minimum absolute atomic E-state index is 0.127. The number of nitrogens with two attached hydrogens (primary N) is 1. The molecular weight excluding hydrogens is 236 g/mol. The zero-order valence-electron chi connectivity index (χ0n) is 9.43. The summed E-state index contributed by atoms with van der Waals surface area (Å²) in [5, 5.41) is 5.22. The molecule has 0 radical (unpaired) electrons. The lowest BCUT2D eigenvalue weighted by atomic mass is 10.2. The van der Waals surface area contributed by atoms with Crippen molar-refractivity contribution >= 4 is 22.8 Å². The number of hydrogen-bond acceptors (Lipinski definition) is 5. The minimum atomic E-state index is -0.316. The minimum Gasteiger partial charge on any atom is -0.391 e. The number of nitrogen functional groups attached to an aromatic ring is 1. The van der Waals surface area contributed by atoms with Gasteiger partial charge in [-0.3, -0.25) is 4.79 Å². The van der Waals surface area contributed by atoms with Crippen LogP contribution >= 0.6 is 11.3 Å². The van der Waals surface area contributed by atoms with Crippen LogP contribution in [0.2, 0.25) is 0 Å². The van der Waals surface area contributed by atoms with Crippen LogP contribution in [-0.4, -0.2) is 9.97 Å². The largest absolute Gasteiger partial charge is 0.391 e. The molecule has 1 atom stereocenters. The number of thiophene rings is 1. The van der Waals surface area contributed by atoms with E-state index in [4.69, 9.17) is 5.73 Å². The van der Waals surface area contributed by atoms with E-state index in [0.717, 1.165) is 6.42 Å². The third-order valence-electron chi connectivity index (χ3n) is 2.49. The number of nitrogens with zero attached hydrogens (tertiary/aromatic N) is 1. The number of H-pyrrole nitrogens is 1. The van der Waals surface area contributed by atoms with Crippen molar-refractivity contribution in [2.75, 3.05) is 11.1 Å². The topological polar surface area (TPSA) is 83.8 Å². The van der Waals surface area contributed by atoms with Gasteiger partial charge >= 0.3 is 0 Å². The Kier molecular flexibility index (Phi) is 3.43. The second-order valence-corrected chi connectivity index (χ2v) is 4.59. The molecule has 2 heterocycles. The third kappa shape index (κ3) is 2.47. The lowest BCUT2D eigenvalue weighted by molar-refractivity contribution is 0.758. The summed E-state index contributed by atoms with van der Waals surface area (Å²) in [6.07, 6.45) is 2.25. The molecule has 6 heteroatoms. The number of anilines is 2. The van der Waals surface area contributed by atoms with Gasteiger partial charge in [0.2, 0.25) is 0 Å². The van der Waals surface area contributed by atoms with Crippen LogP contribution in [0.3, 0.4) is 0 Å². The van der Waals surface area contributed by atoms with Gasteiger partial charge in [-0.1, -0.05) is 13.0 Å². The number of rotatable bonds is 4. The molecule has 0 saturated heterocycles. The number of aromatic nitrogens is 2. The Bertz CT molecular complexity index is 535. The number of hydrogen-bond donors (Lipinski definition) is 3. The van der Waals surface area contributed by atoms with Crippen molar-refractivity contribution in [3.8, 4) is 0 Å². The van der Waals surface area contributed by atoms with Crippen LogP contribution in [0.1, 0.15) is 24.3 Å². The highest BCUT2D eigenvalue weighted by Crippen LogP contribution is 2.26. The zero-order chi connectivity index (χ0) is 12.3. The van der Waals surface area contributed by atoms with Crippen molar-refractivity contribution < 1.29 is 0 Å². The summed E-state index contributed by atoms with van der Waals surface area (Å²) in [5.41, 5.74) is 5.48. The molecule has 5 nitrogen and oxygen atoms in total. The number of aromatic amines is 1. The van der Waals surface area contributed by atoms with Crippen molar-refractivity contribution in [1.82, 2.24) is 9.97 Å². The quantitative estimate of drug-likeness (QED) is 0.774. The van der Waals surface area contributed by atoms with E-state index in [-0.39, 0.29) is 17.3 Å². The molecule has 0 bridgehead atoms. The van der Waals surface area contributed by atoms with Crippen molar-refractivity contribution in [2.24, 2.45) is 0 Å². The van der Waals surface area contributed by atoms with Crippen LogP contribution in [0.5, 0.6) is 0 Å². The number of nitrogens with one attached hydrogen (secondary N) is 2. The molecule has 4 N–H and O–H groups in total. The first-order chi connectivity index (χ1) is 8.22. The molecule has 2 rings (SSSR count). The Morgan fingerprint density at radius 2 is 2.47 bits per heavy atom. The van der Waals surface area contributed by atoms with Crippen LogP contribution < -0.4 is 16.6 Å². The molecule has 17 heavy (non-hydrogen) atoms. The predicted octanol–water partition coefficient (Wildman–Crippen LogP) is 1.98. The zero-order valence-corrected chi connectivity index (χ0v) is 10.3. The first kappa shape index (κ1) is 11.7. The van der Waals surface area contributed by atoms with E-state index in [0.29, 0.717) is 5.82 Å². The molecule has 2 aromatic rings. The van der Waals surface area contributed by atoms with E-state index < -0.39 is 0 Å². The van der Waals surface area contributed by atoms with Crippen molar-refractivity contribution in [1.29, 1.82) is 0 Å². The highest BCUT2D eigenvalue weighted by molar-refractivity contribution is 7.10. The standard InChI is InChI=1S/C11H14N4OS/c1-2-7(8-4-3-5-17-8)15-10-9(12)11(16)14-6-13-10/h3-7H,2,12H2,1H3,(H2,13,14,15,16). The van der Waals surface area contributed by atoms with Crippen molar-refractivity contribution in [2.45, 2.75) is 19.4 Å². The van der Waals surface area contributed by atoms with Crippen molar-refractivity contribution in [3.05, 3.63) is 39.1 Å². The van der Waals surface area contributed by atoms with Crippen LogP contribution in [-0.2, 0) is 0 Å². The van der Waals surface area contributed by atoms with E-state index in [1.807, 2.05) is 11.4 Å². The van der Waals surface area contributed by atoms with Crippen molar-refractivity contribution in [3.63, 3.8) is 0 Å². The fourth-order valence-corrected chi connectivity index (χ4v) is 2.42. The summed E-state index contributed by atoms with van der Waals surface area (Å²) in [5.74, 6) is 0.439. The summed E-state index contributed by atoms with van der Waals surface area (Å²) in [7, 11) is 0. The molecule has 0 aliphatic carbocycles. The molecule has 0 spiro atoms. The Balaban J connectivity index is 2.25. The van der Waals surface area contributed by atoms with Gasteiger partial charge in [0.15, 0.2) is 5.82 Å². The second kappa shape index (κ2) is 5.01. The molecule has 1 unspecified atom stereocenters. The third-order valence-corrected chi connectivity index (χ3v) is 3.48. The molecule has 0 aliphatic rings. The van der Waals surface area contributed by atoms with Gasteiger partial charge < -0.3 is 16.0 Å². The first-order valence-corrected chi connectivity index (χ1v) is 6.23. The summed E-state index contributed by atoms with van der Waals surface area (Å²) < 4.78 is 0. The van der Waals surface area contributed by atoms with Crippen LogP contribution in [0.25, 0.3) is 0 Å². The van der Waals surface area contributed by atoms with E-state index in [1.165, 1.54) is 11.2 Å². The SMILES string of the molecule is CCC(Nc1nc[nH]c(=O)c1N)c1cccs1. The average molecular weight is 250 g/mol. The highest BCUT2D eigenvalue weighted by atomic mass is 32.1. The smallest absolute Gasteiger partial charge is 0.276 e. The van der Waals surface area contributed by atoms with E-state index in [1.54, 1.807) is 11.3 Å². The van der Waals surface area contributed by atoms with Gasteiger partial charge in [0.1, 0.15) is 5.69 Å². The Morgan fingerprint density at radius 3 is 3.12 bits per heavy atom. The van der Waals surface area contributed by atoms with Gasteiger partial charge in [0.05, 0.1) is 12.4 Å². The van der Waals surface area contributed by atoms with Crippen LogP contribution in [0, 0.1) is 0 Å². The summed E-state index contributed by atoms with van der Waals surface area (Å²) in [6.45, 7) is 2.07. The molecule has 0 fully saturated rings. The van der Waals surface area contributed by atoms with Gasteiger partial charge in [-0.25, -0.2) is 4.98 Å². The maximum absolute atomic E-state index is 11.3. The average Bonchev–Trinajstić information content (AvgIpc) is 2.85. The molecule has 0 amide bonds. The maximum Gasteiger partial charge on any atom is 0.276 e. The van der Waals surface area contributed by atoms with Gasteiger partial charge in [0, 0.05) is 4.88 Å². The summed E-state index contributed by atoms with van der Waals surface area (Å²) in [6, 6.07) is 4.18. The monoisotopic (exact) mass is 250 g/mol. The lowest BCUT2D eigenvalue weighted by Crippen LogP contribution is -2.18. The Hall–Kier alpha value is -1.82. The van der Waals surface area contributed by atoms with Crippen LogP contribution in [0.15, 0.2) is 28.6 Å². The summed E-state index contributed by atoms with van der Waals surface area (Å²) in [4.78, 5) is 19.0. The molecular formula is C11H14N4OS. The van der Waals surface area contributed by atoms with Gasteiger partial charge in [0.25, 0.3) is 5.56 Å². The first-order valence-electron chi connectivity index (χ1n) is 5.35. The normalized spacial score (nSPS) is 12.3. The molecule has 90 valence electrons. The molecule has 0 aliphatic heterocycles.